The van der Waals surface area contributed by atoms with E-state index in [1.807, 2.05) is 0 Å². The van der Waals surface area contributed by atoms with E-state index < -0.39 is 6.10 Å². The predicted molar refractivity (Wildman–Crippen MR) is 97.6 cm³/mol. The Kier molecular flexibility index (Phi) is 5.49. The van der Waals surface area contributed by atoms with Crippen LogP contribution in [-0.4, -0.2) is 56.0 Å². The summed E-state index contributed by atoms with van der Waals surface area (Å²) in [6.45, 7) is 5.27. The lowest BCUT2D eigenvalue weighted by Crippen LogP contribution is -2.43. The molecule has 1 saturated heterocycles. The minimum absolute atomic E-state index is 0.161. The molecule has 0 saturated carbocycles. The number of likely N-dealkylation sites (N-methyl/N-ethyl adjacent to an activating group) is 1. The van der Waals surface area contributed by atoms with Gasteiger partial charge in [-0.05, 0) is 45.0 Å². The summed E-state index contributed by atoms with van der Waals surface area (Å²) in [5, 5.41) is 3.34. The van der Waals surface area contributed by atoms with Gasteiger partial charge in [0.15, 0.2) is 11.9 Å². The second-order valence-electron chi connectivity index (χ2n) is 6.62. The largest absolute Gasteiger partial charge is 0.478 e. The third kappa shape index (κ3) is 3.90. The zero-order chi connectivity index (χ0) is 18.0. The topological polar surface area (TPSA) is 61.9 Å². The van der Waals surface area contributed by atoms with E-state index in [1.54, 1.807) is 26.1 Å². The first-order valence-electron chi connectivity index (χ1n) is 8.75. The standard InChI is InChI=1S/C18H24ClN3O3/c1-12-18(24)21(2)15-11-13(19)10-14(16(15)25-12)17(23)20-6-9-22-7-4-3-5-8-22/h10-12H,3-9H2,1-2H3,(H,20,23). The molecule has 1 aromatic rings. The molecule has 2 amide bonds. The lowest BCUT2D eigenvalue weighted by molar-refractivity contribution is -0.125. The second-order valence-corrected chi connectivity index (χ2v) is 7.05. The highest BCUT2D eigenvalue weighted by molar-refractivity contribution is 6.31. The van der Waals surface area contributed by atoms with Gasteiger partial charge in [-0.15, -0.1) is 0 Å². The number of carbonyl (C=O) groups is 2. The van der Waals surface area contributed by atoms with Crippen LogP contribution in [-0.2, 0) is 4.79 Å². The maximum absolute atomic E-state index is 12.6. The van der Waals surface area contributed by atoms with E-state index in [9.17, 15) is 9.59 Å². The molecule has 2 aliphatic rings. The molecule has 2 heterocycles. The number of piperidine rings is 1. The molecular formula is C18H24ClN3O3. The van der Waals surface area contributed by atoms with Gasteiger partial charge in [0.1, 0.15) is 0 Å². The number of nitrogens with zero attached hydrogens (tertiary/aromatic N) is 2. The number of benzene rings is 1. The van der Waals surface area contributed by atoms with Crippen LogP contribution in [0.25, 0.3) is 0 Å². The quantitative estimate of drug-likeness (QED) is 0.889. The fourth-order valence-electron chi connectivity index (χ4n) is 3.35. The third-order valence-electron chi connectivity index (χ3n) is 4.78. The Morgan fingerprint density at radius 1 is 1.32 bits per heavy atom. The molecule has 2 aliphatic heterocycles. The first kappa shape index (κ1) is 18.0. The van der Waals surface area contributed by atoms with Crippen LogP contribution in [0.1, 0.15) is 36.5 Å². The highest BCUT2D eigenvalue weighted by Gasteiger charge is 2.32. The molecule has 7 heteroatoms. The third-order valence-corrected chi connectivity index (χ3v) is 4.99. The van der Waals surface area contributed by atoms with Crippen LogP contribution in [0.15, 0.2) is 12.1 Å². The minimum atomic E-state index is -0.626. The maximum Gasteiger partial charge on any atom is 0.267 e. The summed E-state index contributed by atoms with van der Waals surface area (Å²) in [5.41, 5.74) is 0.893. The number of anilines is 1. The summed E-state index contributed by atoms with van der Waals surface area (Å²) in [7, 11) is 1.66. The number of rotatable bonds is 4. The minimum Gasteiger partial charge on any atom is -0.478 e. The number of halogens is 1. The number of ether oxygens (including phenoxy) is 1. The molecule has 0 aliphatic carbocycles. The van der Waals surface area contributed by atoms with Crippen molar-refractivity contribution in [3.63, 3.8) is 0 Å². The molecule has 25 heavy (non-hydrogen) atoms. The Balaban J connectivity index is 1.72. The van der Waals surface area contributed by atoms with E-state index in [1.165, 1.54) is 24.2 Å². The fourth-order valence-corrected chi connectivity index (χ4v) is 3.56. The number of fused-ring (bicyclic) bond motifs is 1. The van der Waals surface area contributed by atoms with Crippen LogP contribution in [0.4, 0.5) is 5.69 Å². The van der Waals surface area contributed by atoms with Crippen molar-refractivity contribution in [1.29, 1.82) is 0 Å². The average Bonchev–Trinajstić information content (AvgIpc) is 2.61. The van der Waals surface area contributed by atoms with Crippen LogP contribution in [0.2, 0.25) is 5.02 Å². The number of carbonyl (C=O) groups excluding carboxylic acids is 2. The Labute approximate surface area is 153 Å². The van der Waals surface area contributed by atoms with Gasteiger partial charge in [-0.25, -0.2) is 0 Å². The molecule has 6 nitrogen and oxygen atoms in total. The highest BCUT2D eigenvalue weighted by atomic mass is 35.5. The van der Waals surface area contributed by atoms with Gasteiger partial charge in [-0.3, -0.25) is 9.59 Å². The molecule has 0 spiro atoms. The molecule has 1 fully saturated rings. The van der Waals surface area contributed by atoms with E-state index in [0.29, 0.717) is 28.6 Å². The number of amides is 2. The molecule has 0 bridgehead atoms. The van der Waals surface area contributed by atoms with Crippen molar-refractivity contribution in [2.75, 3.05) is 38.1 Å². The molecular weight excluding hydrogens is 342 g/mol. The summed E-state index contributed by atoms with van der Waals surface area (Å²) in [5.74, 6) is 0.0198. The molecule has 136 valence electrons. The lowest BCUT2D eigenvalue weighted by atomic mass is 10.1. The monoisotopic (exact) mass is 365 g/mol. The van der Waals surface area contributed by atoms with Crippen LogP contribution >= 0.6 is 11.6 Å². The van der Waals surface area contributed by atoms with Gasteiger partial charge in [0, 0.05) is 25.2 Å². The number of nitrogens with one attached hydrogen (secondary N) is 1. The van der Waals surface area contributed by atoms with E-state index in [2.05, 4.69) is 10.2 Å². The number of hydrogen-bond donors (Lipinski definition) is 1. The maximum atomic E-state index is 12.6. The fraction of sp³-hybridized carbons (Fsp3) is 0.556. The molecule has 1 N–H and O–H groups in total. The van der Waals surface area contributed by atoms with Gasteiger partial charge in [0.25, 0.3) is 11.8 Å². The Hall–Kier alpha value is -1.79. The van der Waals surface area contributed by atoms with Gasteiger partial charge in [0.05, 0.1) is 11.3 Å². The van der Waals surface area contributed by atoms with Crippen molar-refractivity contribution < 1.29 is 14.3 Å². The molecule has 0 radical (unpaired) electrons. The van der Waals surface area contributed by atoms with E-state index in [-0.39, 0.29) is 11.8 Å². The molecule has 1 unspecified atom stereocenters. The summed E-state index contributed by atoms with van der Waals surface area (Å²) in [6.07, 6.45) is 3.11. The molecule has 1 aromatic carbocycles. The normalized spacial score (nSPS) is 20.8. The average molecular weight is 366 g/mol. The SMILES string of the molecule is CC1Oc2c(C(=O)NCCN3CCCCC3)cc(Cl)cc2N(C)C1=O. The molecule has 0 aromatic heterocycles. The summed E-state index contributed by atoms with van der Waals surface area (Å²) in [4.78, 5) is 28.6. The zero-order valence-electron chi connectivity index (χ0n) is 14.7. The molecule has 3 rings (SSSR count). The Bertz CT molecular complexity index is 674. The zero-order valence-corrected chi connectivity index (χ0v) is 15.4. The van der Waals surface area contributed by atoms with Gasteiger partial charge in [-0.1, -0.05) is 18.0 Å². The number of hydrogen-bond acceptors (Lipinski definition) is 4. The predicted octanol–water partition coefficient (Wildman–Crippen LogP) is 2.30. The van der Waals surface area contributed by atoms with Crippen LogP contribution in [0.3, 0.4) is 0 Å². The smallest absolute Gasteiger partial charge is 0.267 e. The summed E-state index contributed by atoms with van der Waals surface area (Å²) < 4.78 is 5.70. The van der Waals surface area contributed by atoms with Gasteiger partial charge >= 0.3 is 0 Å². The van der Waals surface area contributed by atoms with E-state index >= 15 is 0 Å². The van der Waals surface area contributed by atoms with Gasteiger partial charge in [-0.2, -0.15) is 0 Å². The van der Waals surface area contributed by atoms with Crippen molar-refractivity contribution in [2.45, 2.75) is 32.3 Å². The van der Waals surface area contributed by atoms with Crippen molar-refractivity contribution in [3.05, 3.63) is 22.7 Å². The first-order valence-corrected chi connectivity index (χ1v) is 9.13. The van der Waals surface area contributed by atoms with Gasteiger partial charge < -0.3 is 19.9 Å². The first-order chi connectivity index (χ1) is 12.0. The van der Waals surface area contributed by atoms with Crippen LogP contribution < -0.4 is 15.0 Å². The van der Waals surface area contributed by atoms with Crippen molar-refractivity contribution in [3.8, 4) is 5.75 Å². The summed E-state index contributed by atoms with van der Waals surface area (Å²) >= 11 is 6.15. The van der Waals surface area contributed by atoms with Crippen molar-refractivity contribution >= 4 is 29.1 Å². The lowest BCUT2D eigenvalue weighted by Gasteiger charge is -2.31. The van der Waals surface area contributed by atoms with E-state index in [0.717, 1.165) is 19.6 Å². The number of likely N-dealkylation sites (tertiary alicyclic amines) is 1. The van der Waals surface area contributed by atoms with E-state index in [4.69, 9.17) is 16.3 Å². The second kappa shape index (κ2) is 7.62. The Morgan fingerprint density at radius 2 is 2.04 bits per heavy atom. The van der Waals surface area contributed by atoms with Crippen molar-refractivity contribution in [1.82, 2.24) is 10.2 Å². The van der Waals surface area contributed by atoms with Gasteiger partial charge in [0.2, 0.25) is 0 Å². The van der Waals surface area contributed by atoms with Crippen LogP contribution in [0.5, 0.6) is 5.75 Å². The Morgan fingerprint density at radius 3 is 2.76 bits per heavy atom. The highest BCUT2D eigenvalue weighted by Crippen LogP contribution is 2.38. The molecule has 1 atom stereocenters. The van der Waals surface area contributed by atoms with Crippen molar-refractivity contribution in [2.24, 2.45) is 0 Å². The summed E-state index contributed by atoms with van der Waals surface area (Å²) in [6, 6.07) is 3.23. The van der Waals surface area contributed by atoms with Crippen LogP contribution in [0, 0.1) is 0 Å².